The standard InChI is InChI=1S/C12H14N2O3/c15-6-5-9-1-3-10(4-2-9)14-8-11(16)13-7-12(14)17/h1-4,15H,5-8H2,(H,13,16). The van der Waals surface area contributed by atoms with Gasteiger partial charge in [0.2, 0.25) is 11.8 Å². The van der Waals surface area contributed by atoms with Crippen LogP contribution in [0.25, 0.3) is 0 Å². The van der Waals surface area contributed by atoms with Gasteiger partial charge in [0.25, 0.3) is 0 Å². The van der Waals surface area contributed by atoms with Crippen molar-refractivity contribution in [3.8, 4) is 0 Å². The molecule has 2 N–H and O–H groups in total. The quantitative estimate of drug-likeness (QED) is 0.753. The minimum atomic E-state index is -0.149. The number of nitrogens with zero attached hydrogens (tertiary/aromatic N) is 1. The Morgan fingerprint density at radius 2 is 1.94 bits per heavy atom. The molecule has 2 rings (SSSR count). The zero-order chi connectivity index (χ0) is 12.3. The molecule has 17 heavy (non-hydrogen) atoms. The summed E-state index contributed by atoms with van der Waals surface area (Å²) in [7, 11) is 0. The van der Waals surface area contributed by atoms with E-state index in [0.29, 0.717) is 12.1 Å². The van der Waals surface area contributed by atoms with Gasteiger partial charge in [0.15, 0.2) is 0 Å². The molecule has 0 aliphatic carbocycles. The molecule has 0 saturated carbocycles. The van der Waals surface area contributed by atoms with Crippen LogP contribution in [-0.2, 0) is 16.0 Å². The first-order chi connectivity index (χ1) is 8.20. The third-order valence-electron chi connectivity index (χ3n) is 2.69. The van der Waals surface area contributed by atoms with Crippen LogP contribution in [0.1, 0.15) is 5.56 Å². The number of rotatable bonds is 3. The second-order valence-electron chi connectivity index (χ2n) is 3.90. The predicted molar refractivity (Wildman–Crippen MR) is 62.6 cm³/mol. The van der Waals surface area contributed by atoms with E-state index in [-0.39, 0.29) is 31.5 Å². The Hall–Kier alpha value is -1.88. The molecule has 0 radical (unpaired) electrons. The van der Waals surface area contributed by atoms with Gasteiger partial charge in [0.05, 0.1) is 6.54 Å². The van der Waals surface area contributed by atoms with Crippen LogP contribution in [0.3, 0.4) is 0 Å². The van der Waals surface area contributed by atoms with Gasteiger partial charge in [-0.05, 0) is 24.1 Å². The highest BCUT2D eigenvalue weighted by atomic mass is 16.3. The molecule has 0 spiro atoms. The molecule has 1 saturated heterocycles. The number of hydrogen-bond donors (Lipinski definition) is 2. The Labute approximate surface area is 99.0 Å². The molecule has 1 aliphatic heterocycles. The van der Waals surface area contributed by atoms with Gasteiger partial charge >= 0.3 is 0 Å². The van der Waals surface area contributed by atoms with Gasteiger partial charge < -0.3 is 15.3 Å². The summed E-state index contributed by atoms with van der Waals surface area (Å²) >= 11 is 0. The number of benzene rings is 1. The summed E-state index contributed by atoms with van der Waals surface area (Å²) in [5.74, 6) is -0.261. The minimum Gasteiger partial charge on any atom is -0.396 e. The molecular weight excluding hydrogens is 220 g/mol. The third kappa shape index (κ3) is 2.62. The maximum Gasteiger partial charge on any atom is 0.246 e. The van der Waals surface area contributed by atoms with Crippen LogP contribution in [0.15, 0.2) is 24.3 Å². The van der Waals surface area contributed by atoms with E-state index in [1.807, 2.05) is 12.1 Å². The van der Waals surface area contributed by atoms with Crippen molar-refractivity contribution >= 4 is 17.5 Å². The lowest BCUT2D eigenvalue weighted by Crippen LogP contribution is -2.51. The molecule has 1 aromatic carbocycles. The fraction of sp³-hybridized carbons (Fsp3) is 0.333. The zero-order valence-electron chi connectivity index (χ0n) is 9.35. The average molecular weight is 234 g/mol. The second-order valence-corrected chi connectivity index (χ2v) is 3.90. The smallest absolute Gasteiger partial charge is 0.246 e. The second kappa shape index (κ2) is 4.97. The molecule has 1 fully saturated rings. The van der Waals surface area contributed by atoms with Crippen LogP contribution in [0.2, 0.25) is 0 Å². The molecule has 0 aromatic heterocycles. The Morgan fingerprint density at radius 3 is 2.59 bits per heavy atom. The molecule has 5 nitrogen and oxygen atoms in total. The van der Waals surface area contributed by atoms with E-state index in [1.54, 1.807) is 12.1 Å². The lowest BCUT2D eigenvalue weighted by atomic mass is 10.1. The number of nitrogens with one attached hydrogen (secondary N) is 1. The summed E-state index contributed by atoms with van der Waals surface area (Å²) in [5, 5.41) is 11.3. The summed E-state index contributed by atoms with van der Waals surface area (Å²) in [6, 6.07) is 7.29. The number of aliphatic hydroxyl groups excluding tert-OH is 1. The summed E-state index contributed by atoms with van der Waals surface area (Å²) in [5.41, 5.74) is 1.72. The molecule has 0 bridgehead atoms. The summed E-state index contributed by atoms with van der Waals surface area (Å²) in [4.78, 5) is 24.3. The Kier molecular flexibility index (Phi) is 3.39. The first-order valence-corrected chi connectivity index (χ1v) is 5.47. The van der Waals surface area contributed by atoms with E-state index >= 15 is 0 Å². The lowest BCUT2D eigenvalue weighted by Gasteiger charge is -2.26. The number of carbonyl (C=O) groups excluding carboxylic acids is 2. The normalized spacial score (nSPS) is 15.9. The van der Waals surface area contributed by atoms with Crippen molar-refractivity contribution in [2.75, 3.05) is 24.6 Å². The van der Waals surface area contributed by atoms with Crippen molar-refractivity contribution in [1.82, 2.24) is 5.32 Å². The van der Waals surface area contributed by atoms with Crippen LogP contribution >= 0.6 is 0 Å². The number of hydrogen-bond acceptors (Lipinski definition) is 3. The highest BCUT2D eigenvalue weighted by Crippen LogP contribution is 2.16. The first kappa shape index (κ1) is 11.6. The fourth-order valence-electron chi connectivity index (χ4n) is 1.76. The predicted octanol–water partition coefficient (Wildman–Crippen LogP) is -0.316. The monoisotopic (exact) mass is 234 g/mol. The molecule has 1 heterocycles. The number of carbonyl (C=O) groups is 2. The average Bonchev–Trinajstić information content (AvgIpc) is 2.34. The molecular formula is C12H14N2O3. The first-order valence-electron chi connectivity index (χ1n) is 5.47. The summed E-state index contributed by atoms with van der Waals surface area (Å²) < 4.78 is 0. The molecule has 0 unspecified atom stereocenters. The largest absolute Gasteiger partial charge is 0.396 e. The van der Waals surface area contributed by atoms with Crippen molar-refractivity contribution in [3.63, 3.8) is 0 Å². The topological polar surface area (TPSA) is 69.6 Å². The van der Waals surface area contributed by atoms with Crippen LogP contribution in [0.5, 0.6) is 0 Å². The SMILES string of the molecule is O=C1CN(c2ccc(CCO)cc2)C(=O)CN1. The van der Waals surface area contributed by atoms with Gasteiger partial charge in [-0.1, -0.05) is 12.1 Å². The molecule has 2 amide bonds. The molecule has 1 aliphatic rings. The van der Waals surface area contributed by atoms with Gasteiger partial charge in [-0.15, -0.1) is 0 Å². The molecule has 0 atom stereocenters. The molecule has 5 heteroatoms. The van der Waals surface area contributed by atoms with Crippen LogP contribution in [-0.4, -0.2) is 36.6 Å². The molecule has 1 aromatic rings. The van der Waals surface area contributed by atoms with E-state index in [2.05, 4.69) is 5.32 Å². The summed E-state index contributed by atoms with van der Waals surface area (Å²) in [6.07, 6.45) is 0.592. The highest BCUT2D eigenvalue weighted by Gasteiger charge is 2.23. The van der Waals surface area contributed by atoms with Crippen molar-refractivity contribution in [2.24, 2.45) is 0 Å². The van der Waals surface area contributed by atoms with Crippen molar-refractivity contribution in [3.05, 3.63) is 29.8 Å². The number of piperazine rings is 1. The Bertz CT molecular complexity index is 428. The van der Waals surface area contributed by atoms with E-state index in [9.17, 15) is 9.59 Å². The van der Waals surface area contributed by atoms with Crippen molar-refractivity contribution in [1.29, 1.82) is 0 Å². The lowest BCUT2D eigenvalue weighted by molar-refractivity contribution is -0.128. The van der Waals surface area contributed by atoms with Gasteiger partial charge in [-0.3, -0.25) is 9.59 Å². The number of amides is 2. The van der Waals surface area contributed by atoms with Crippen molar-refractivity contribution in [2.45, 2.75) is 6.42 Å². The van der Waals surface area contributed by atoms with Crippen LogP contribution in [0, 0.1) is 0 Å². The maximum atomic E-state index is 11.6. The Balaban J connectivity index is 2.15. The van der Waals surface area contributed by atoms with Crippen LogP contribution < -0.4 is 10.2 Å². The van der Waals surface area contributed by atoms with Gasteiger partial charge in [0, 0.05) is 12.3 Å². The third-order valence-corrected chi connectivity index (χ3v) is 2.69. The zero-order valence-corrected chi connectivity index (χ0v) is 9.35. The fourth-order valence-corrected chi connectivity index (χ4v) is 1.76. The maximum absolute atomic E-state index is 11.6. The minimum absolute atomic E-state index is 0.0528. The van der Waals surface area contributed by atoms with Gasteiger partial charge in [-0.2, -0.15) is 0 Å². The summed E-state index contributed by atoms with van der Waals surface area (Å²) in [6.45, 7) is 0.222. The number of anilines is 1. The molecule has 90 valence electrons. The van der Waals surface area contributed by atoms with Gasteiger partial charge in [0.1, 0.15) is 6.54 Å². The highest BCUT2D eigenvalue weighted by molar-refractivity contribution is 6.04. The van der Waals surface area contributed by atoms with Crippen LogP contribution in [0.4, 0.5) is 5.69 Å². The Morgan fingerprint density at radius 1 is 1.24 bits per heavy atom. The van der Waals surface area contributed by atoms with Crippen molar-refractivity contribution < 1.29 is 14.7 Å². The van der Waals surface area contributed by atoms with E-state index in [4.69, 9.17) is 5.11 Å². The van der Waals surface area contributed by atoms with E-state index in [1.165, 1.54) is 4.90 Å². The number of aliphatic hydroxyl groups is 1. The van der Waals surface area contributed by atoms with E-state index in [0.717, 1.165) is 5.56 Å². The van der Waals surface area contributed by atoms with E-state index < -0.39 is 0 Å². The van der Waals surface area contributed by atoms with Gasteiger partial charge in [-0.25, -0.2) is 0 Å².